The molecule has 0 aliphatic heterocycles. The van der Waals surface area contributed by atoms with Gasteiger partial charge in [-0.25, -0.2) is 12.8 Å². The van der Waals surface area contributed by atoms with Crippen molar-refractivity contribution in [2.24, 2.45) is 0 Å². The van der Waals surface area contributed by atoms with Crippen molar-refractivity contribution >= 4 is 39.1 Å². The van der Waals surface area contributed by atoms with Crippen LogP contribution in [0.3, 0.4) is 0 Å². The highest BCUT2D eigenvalue weighted by Crippen LogP contribution is 2.27. The predicted molar refractivity (Wildman–Crippen MR) is 151 cm³/mol. The lowest BCUT2D eigenvalue weighted by Gasteiger charge is -2.33. The molecule has 0 saturated carbocycles. The minimum Gasteiger partial charge on any atom is -0.352 e. The molecule has 3 aromatic carbocycles. The Kier molecular flexibility index (Phi) is 10.5. The first kappa shape index (κ1) is 30.1. The van der Waals surface area contributed by atoms with Gasteiger partial charge in [-0.15, -0.1) is 0 Å². The normalized spacial score (nSPS) is 12.8. The third-order valence-corrected chi connectivity index (χ3v) is 8.41. The number of rotatable bonds is 12. The molecule has 3 aromatic rings. The number of amides is 2. The third-order valence-electron chi connectivity index (χ3n) is 6.38. The van der Waals surface area contributed by atoms with E-state index in [0.717, 1.165) is 10.4 Å². The summed E-state index contributed by atoms with van der Waals surface area (Å²) in [6, 6.07) is 18.7. The van der Waals surface area contributed by atoms with Gasteiger partial charge in [0.25, 0.3) is 10.0 Å². The fraction of sp³-hybridized carbons (Fsp3) is 0.310. The van der Waals surface area contributed by atoms with Gasteiger partial charge in [-0.3, -0.25) is 13.9 Å². The molecule has 0 saturated heterocycles. The van der Waals surface area contributed by atoms with Gasteiger partial charge in [0.05, 0.1) is 10.6 Å². The Balaban J connectivity index is 2.05. The second kappa shape index (κ2) is 13.6. The van der Waals surface area contributed by atoms with Crippen LogP contribution in [0, 0.1) is 5.82 Å². The number of hydrogen-bond donors (Lipinski definition) is 1. The standard InChI is InChI=1S/C29H33ClFN3O4S/c1-4-21(3)32-29(36)26(5-2)33(19-22-15-17-23(30)18-16-22)28(35)20-34(27-14-10-9-13-25(27)31)39(37,38)24-11-7-6-8-12-24/h6-18,21,26H,4-5,19-20H2,1-3H3,(H,32,36)/t21-,26+/m0/s1. The van der Waals surface area contributed by atoms with Gasteiger partial charge >= 0.3 is 0 Å². The summed E-state index contributed by atoms with van der Waals surface area (Å²) >= 11 is 6.03. The van der Waals surface area contributed by atoms with E-state index in [-0.39, 0.29) is 35.5 Å². The fourth-order valence-corrected chi connectivity index (χ4v) is 5.60. The number of halogens is 2. The number of para-hydroxylation sites is 1. The second-order valence-electron chi connectivity index (χ2n) is 9.17. The van der Waals surface area contributed by atoms with Crippen molar-refractivity contribution in [1.82, 2.24) is 10.2 Å². The summed E-state index contributed by atoms with van der Waals surface area (Å²) in [6.07, 6.45) is 0.983. The number of carbonyl (C=O) groups is 2. The summed E-state index contributed by atoms with van der Waals surface area (Å²) in [7, 11) is -4.33. The second-order valence-corrected chi connectivity index (χ2v) is 11.5. The van der Waals surface area contributed by atoms with Gasteiger partial charge in [-0.1, -0.05) is 67.9 Å². The summed E-state index contributed by atoms with van der Waals surface area (Å²) in [6.45, 7) is 4.89. The van der Waals surface area contributed by atoms with Crippen LogP contribution in [0.4, 0.5) is 10.1 Å². The molecule has 208 valence electrons. The Labute approximate surface area is 234 Å². The molecule has 0 aromatic heterocycles. The predicted octanol–water partition coefficient (Wildman–Crippen LogP) is 5.40. The largest absolute Gasteiger partial charge is 0.352 e. The third kappa shape index (κ3) is 7.58. The van der Waals surface area contributed by atoms with Crippen LogP contribution < -0.4 is 9.62 Å². The number of sulfonamides is 1. The van der Waals surface area contributed by atoms with Gasteiger partial charge < -0.3 is 10.2 Å². The molecule has 0 radical (unpaired) electrons. The van der Waals surface area contributed by atoms with Crippen LogP contribution in [0.25, 0.3) is 0 Å². The van der Waals surface area contributed by atoms with E-state index < -0.39 is 34.3 Å². The van der Waals surface area contributed by atoms with Gasteiger partial charge in [0.1, 0.15) is 18.4 Å². The molecule has 0 aliphatic carbocycles. The average Bonchev–Trinajstić information content (AvgIpc) is 2.93. The smallest absolute Gasteiger partial charge is 0.264 e. The van der Waals surface area contributed by atoms with E-state index in [9.17, 15) is 22.4 Å². The van der Waals surface area contributed by atoms with Crippen molar-refractivity contribution in [3.8, 4) is 0 Å². The van der Waals surface area contributed by atoms with E-state index in [0.29, 0.717) is 17.0 Å². The number of hydrogen-bond acceptors (Lipinski definition) is 4. The summed E-state index contributed by atoms with van der Waals surface area (Å²) in [5.41, 5.74) is 0.434. The SMILES string of the molecule is CC[C@H](C(=O)N[C@@H](C)CC)N(Cc1ccc(Cl)cc1)C(=O)CN(c1ccccc1F)S(=O)(=O)c1ccccc1. The van der Waals surface area contributed by atoms with Crippen LogP contribution in [0.1, 0.15) is 39.2 Å². The molecule has 2 atom stereocenters. The zero-order valence-corrected chi connectivity index (χ0v) is 23.8. The van der Waals surface area contributed by atoms with Crippen LogP contribution in [-0.2, 0) is 26.2 Å². The van der Waals surface area contributed by atoms with Crippen molar-refractivity contribution in [2.75, 3.05) is 10.8 Å². The zero-order chi connectivity index (χ0) is 28.6. The molecule has 3 rings (SSSR count). The zero-order valence-electron chi connectivity index (χ0n) is 22.2. The summed E-state index contributed by atoms with van der Waals surface area (Å²) < 4.78 is 43.1. The van der Waals surface area contributed by atoms with Crippen molar-refractivity contribution in [3.63, 3.8) is 0 Å². The van der Waals surface area contributed by atoms with Gasteiger partial charge in [0, 0.05) is 17.6 Å². The quantitative estimate of drug-likeness (QED) is 0.314. The summed E-state index contributed by atoms with van der Waals surface area (Å²) in [4.78, 5) is 28.4. The first-order valence-electron chi connectivity index (χ1n) is 12.7. The molecule has 10 heteroatoms. The van der Waals surface area contributed by atoms with Gasteiger partial charge in [0.2, 0.25) is 11.8 Å². The molecule has 39 heavy (non-hydrogen) atoms. The Morgan fingerprint density at radius 2 is 1.54 bits per heavy atom. The molecule has 0 bridgehead atoms. The van der Waals surface area contributed by atoms with Crippen molar-refractivity contribution in [3.05, 3.63) is 95.3 Å². The number of anilines is 1. The van der Waals surface area contributed by atoms with Crippen LogP contribution >= 0.6 is 11.6 Å². The van der Waals surface area contributed by atoms with Gasteiger partial charge in [-0.05, 0) is 61.7 Å². The monoisotopic (exact) mass is 573 g/mol. The van der Waals surface area contributed by atoms with Gasteiger partial charge in [-0.2, -0.15) is 0 Å². The lowest BCUT2D eigenvalue weighted by Crippen LogP contribution is -2.53. The molecular formula is C29H33ClFN3O4S. The van der Waals surface area contributed by atoms with Crippen molar-refractivity contribution in [1.29, 1.82) is 0 Å². The van der Waals surface area contributed by atoms with Crippen molar-refractivity contribution < 1.29 is 22.4 Å². The number of carbonyl (C=O) groups excluding carboxylic acids is 2. The van der Waals surface area contributed by atoms with E-state index >= 15 is 0 Å². The number of nitrogens with one attached hydrogen (secondary N) is 1. The maximum atomic E-state index is 14.9. The molecule has 2 amide bonds. The average molecular weight is 574 g/mol. The lowest BCUT2D eigenvalue weighted by molar-refractivity contribution is -0.140. The van der Waals surface area contributed by atoms with E-state index in [4.69, 9.17) is 11.6 Å². The summed E-state index contributed by atoms with van der Waals surface area (Å²) in [5, 5.41) is 3.43. The first-order valence-corrected chi connectivity index (χ1v) is 14.6. The fourth-order valence-electron chi connectivity index (χ4n) is 4.03. The minimum atomic E-state index is -4.33. The van der Waals surface area contributed by atoms with Crippen LogP contribution in [-0.4, -0.2) is 43.8 Å². The van der Waals surface area contributed by atoms with Crippen molar-refractivity contribution in [2.45, 2.75) is 57.1 Å². The molecule has 7 nitrogen and oxygen atoms in total. The molecule has 0 aliphatic rings. The van der Waals surface area contributed by atoms with E-state index in [1.165, 1.54) is 35.2 Å². The Morgan fingerprint density at radius 1 is 0.923 bits per heavy atom. The molecule has 0 fully saturated rings. The minimum absolute atomic E-state index is 0.0267. The molecule has 0 heterocycles. The van der Waals surface area contributed by atoms with E-state index in [1.807, 2.05) is 13.8 Å². The van der Waals surface area contributed by atoms with Crippen LogP contribution in [0.15, 0.2) is 83.8 Å². The Hall–Kier alpha value is -3.43. The maximum absolute atomic E-state index is 14.9. The Morgan fingerprint density at radius 3 is 2.13 bits per heavy atom. The first-order chi connectivity index (χ1) is 18.6. The molecule has 1 N–H and O–H groups in total. The number of benzene rings is 3. The van der Waals surface area contributed by atoms with Crippen LogP contribution in [0.2, 0.25) is 5.02 Å². The van der Waals surface area contributed by atoms with Crippen LogP contribution in [0.5, 0.6) is 0 Å². The Bertz CT molecular complexity index is 1370. The van der Waals surface area contributed by atoms with Gasteiger partial charge in [0.15, 0.2) is 0 Å². The lowest BCUT2D eigenvalue weighted by atomic mass is 10.1. The van der Waals surface area contributed by atoms with E-state index in [1.54, 1.807) is 49.4 Å². The number of nitrogens with zero attached hydrogens (tertiary/aromatic N) is 2. The topological polar surface area (TPSA) is 86.8 Å². The highest BCUT2D eigenvalue weighted by Gasteiger charge is 2.34. The summed E-state index contributed by atoms with van der Waals surface area (Å²) in [5.74, 6) is -1.80. The maximum Gasteiger partial charge on any atom is 0.264 e. The molecule has 0 spiro atoms. The molecular weight excluding hydrogens is 541 g/mol. The molecule has 0 unspecified atom stereocenters. The highest BCUT2D eigenvalue weighted by molar-refractivity contribution is 7.92. The highest BCUT2D eigenvalue weighted by atomic mass is 35.5. The van der Waals surface area contributed by atoms with E-state index in [2.05, 4.69) is 5.32 Å².